The Hall–Kier alpha value is -1.56. The van der Waals surface area contributed by atoms with Crippen LogP contribution in [-0.2, 0) is 4.79 Å². The quantitative estimate of drug-likeness (QED) is 0.827. The van der Waals surface area contributed by atoms with Crippen LogP contribution in [0.2, 0.25) is 0 Å². The Balaban J connectivity index is 1.89. The van der Waals surface area contributed by atoms with Gasteiger partial charge in [-0.1, -0.05) is 0 Å². The van der Waals surface area contributed by atoms with Gasteiger partial charge in [-0.15, -0.1) is 0 Å². The fourth-order valence-corrected chi connectivity index (χ4v) is 2.13. The topological polar surface area (TPSA) is 41.1 Å². The number of benzene rings is 1. The Bertz CT molecular complexity index is 473. The maximum Gasteiger partial charge on any atom is 0.224 e. The molecule has 1 fully saturated rings. The zero-order valence-corrected chi connectivity index (χ0v) is 10.3. The third-order valence-electron chi connectivity index (χ3n) is 3.25. The van der Waals surface area contributed by atoms with E-state index in [1.54, 1.807) is 0 Å². The predicted molar refractivity (Wildman–Crippen MR) is 65.2 cm³/mol. The summed E-state index contributed by atoms with van der Waals surface area (Å²) in [5.41, 5.74) is -0.326. The highest BCUT2D eigenvalue weighted by molar-refractivity contribution is 5.90. The smallest absolute Gasteiger partial charge is 0.224 e. The van der Waals surface area contributed by atoms with Gasteiger partial charge in [-0.3, -0.25) is 4.79 Å². The van der Waals surface area contributed by atoms with Gasteiger partial charge in [0.25, 0.3) is 0 Å². The summed E-state index contributed by atoms with van der Waals surface area (Å²) >= 11 is 0. The van der Waals surface area contributed by atoms with Crippen molar-refractivity contribution in [3.8, 4) is 0 Å². The molecule has 1 saturated heterocycles. The van der Waals surface area contributed by atoms with Gasteiger partial charge in [-0.2, -0.15) is 0 Å². The third kappa shape index (κ3) is 3.47. The normalized spacial score (nSPS) is 18.6. The number of anilines is 1. The summed E-state index contributed by atoms with van der Waals surface area (Å²) in [6.45, 7) is 1.83. The fraction of sp³-hybridized carbons (Fsp3) is 0.462. The van der Waals surface area contributed by atoms with Crippen molar-refractivity contribution in [2.45, 2.75) is 19.3 Å². The minimum absolute atomic E-state index is 0.241. The van der Waals surface area contributed by atoms with E-state index in [1.165, 1.54) is 0 Å². The molecule has 1 amide bonds. The van der Waals surface area contributed by atoms with E-state index in [9.17, 15) is 18.0 Å². The number of amides is 1. The monoisotopic (exact) mass is 272 g/mol. The van der Waals surface area contributed by atoms with Crippen molar-refractivity contribution in [2.24, 2.45) is 5.92 Å². The number of carbonyl (C=O) groups is 1. The van der Waals surface area contributed by atoms with Gasteiger partial charge in [-0.05, 0) is 44.0 Å². The molecule has 1 aromatic carbocycles. The Morgan fingerprint density at radius 3 is 2.79 bits per heavy atom. The molecule has 0 spiro atoms. The highest BCUT2D eigenvalue weighted by Crippen LogP contribution is 2.20. The average Bonchev–Trinajstić information content (AvgIpc) is 2.90. The molecule has 1 atom stereocenters. The van der Waals surface area contributed by atoms with E-state index in [4.69, 9.17) is 0 Å². The van der Waals surface area contributed by atoms with E-state index in [1.807, 2.05) is 0 Å². The van der Waals surface area contributed by atoms with Gasteiger partial charge in [0.05, 0.1) is 5.69 Å². The molecule has 1 aliphatic rings. The van der Waals surface area contributed by atoms with Crippen molar-refractivity contribution in [1.29, 1.82) is 0 Å². The molecule has 1 aromatic rings. The molecule has 1 aliphatic heterocycles. The first-order valence-corrected chi connectivity index (χ1v) is 6.22. The number of rotatable bonds is 4. The summed E-state index contributed by atoms with van der Waals surface area (Å²) in [6, 6.07) is 1.80. The van der Waals surface area contributed by atoms with Crippen LogP contribution < -0.4 is 10.6 Å². The molecule has 0 aromatic heterocycles. The summed E-state index contributed by atoms with van der Waals surface area (Å²) < 4.78 is 39.0. The van der Waals surface area contributed by atoms with Gasteiger partial charge >= 0.3 is 0 Å². The Morgan fingerprint density at radius 1 is 1.32 bits per heavy atom. The van der Waals surface area contributed by atoms with Crippen LogP contribution in [0.3, 0.4) is 0 Å². The second-order valence-corrected chi connectivity index (χ2v) is 4.67. The van der Waals surface area contributed by atoms with Crippen LogP contribution >= 0.6 is 0 Å². The molecule has 0 aliphatic carbocycles. The molecular weight excluding hydrogens is 257 g/mol. The summed E-state index contributed by atoms with van der Waals surface area (Å²) in [5, 5.41) is 5.45. The number of carbonyl (C=O) groups excluding carboxylic acids is 1. The molecule has 1 heterocycles. The van der Waals surface area contributed by atoms with Crippen molar-refractivity contribution in [3.05, 3.63) is 29.6 Å². The summed E-state index contributed by atoms with van der Waals surface area (Å²) in [4.78, 5) is 11.6. The van der Waals surface area contributed by atoms with Crippen LogP contribution in [0.25, 0.3) is 0 Å². The largest absolute Gasteiger partial charge is 0.324 e. The van der Waals surface area contributed by atoms with E-state index >= 15 is 0 Å². The maximum absolute atomic E-state index is 13.3. The van der Waals surface area contributed by atoms with Crippen molar-refractivity contribution in [3.63, 3.8) is 0 Å². The van der Waals surface area contributed by atoms with Crippen LogP contribution in [0.1, 0.15) is 19.3 Å². The lowest BCUT2D eigenvalue weighted by Gasteiger charge is -2.09. The van der Waals surface area contributed by atoms with E-state index in [0.717, 1.165) is 31.6 Å². The molecule has 6 heteroatoms. The Labute approximate surface area is 109 Å². The van der Waals surface area contributed by atoms with E-state index in [-0.39, 0.29) is 12.1 Å². The van der Waals surface area contributed by atoms with Gasteiger partial charge < -0.3 is 10.6 Å². The first kappa shape index (κ1) is 13.9. The lowest BCUT2D eigenvalue weighted by atomic mass is 10.0. The molecule has 104 valence electrons. The second-order valence-electron chi connectivity index (χ2n) is 4.67. The summed E-state index contributed by atoms with van der Waals surface area (Å²) in [7, 11) is 0. The van der Waals surface area contributed by atoms with Gasteiger partial charge in [-0.25, -0.2) is 13.2 Å². The average molecular weight is 272 g/mol. The zero-order valence-electron chi connectivity index (χ0n) is 10.3. The molecular formula is C13H15F3N2O. The SMILES string of the molecule is O=C(CCC1CCNC1)Nc1ccc(F)c(F)c1F. The van der Waals surface area contributed by atoms with E-state index in [0.29, 0.717) is 12.3 Å². The predicted octanol–water partition coefficient (Wildman–Crippen LogP) is 2.43. The molecule has 1 unspecified atom stereocenters. The van der Waals surface area contributed by atoms with Gasteiger partial charge in [0.15, 0.2) is 17.5 Å². The highest BCUT2D eigenvalue weighted by atomic mass is 19.2. The van der Waals surface area contributed by atoms with Crippen molar-refractivity contribution in [2.75, 3.05) is 18.4 Å². The lowest BCUT2D eigenvalue weighted by molar-refractivity contribution is -0.116. The van der Waals surface area contributed by atoms with Gasteiger partial charge in [0.1, 0.15) is 0 Å². The molecule has 3 nitrogen and oxygen atoms in total. The number of halogens is 3. The van der Waals surface area contributed by atoms with Crippen LogP contribution in [0.5, 0.6) is 0 Å². The third-order valence-corrected chi connectivity index (χ3v) is 3.25. The first-order valence-electron chi connectivity index (χ1n) is 6.22. The van der Waals surface area contributed by atoms with Gasteiger partial charge in [0.2, 0.25) is 5.91 Å². The van der Waals surface area contributed by atoms with Gasteiger partial charge in [0, 0.05) is 6.42 Å². The van der Waals surface area contributed by atoms with E-state index in [2.05, 4.69) is 10.6 Å². The Morgan fingerprint density at radius 2 is 2.11 bits per heavy atom. The molecule has 2 N–H and O–H groups in total. The molecule has 0 saturated carbocycles. The van der Waals surface area contributed by atoms with Crippen molar-refractivity contribution < 1.29 is 18.0 Å². The van der Waals surface area contributed by atoms with E-state index < -0.39 is 23.4 Å². The van der Waals surface area contributed by atoms with Crippen LogP contribution in [0.4, 0.5) is 18.9 Å². The summed E-state index contributed by atoms with van der Waals surface area (Å²) in [5.74, 6) is -4.15. The minimum Gasteiger partial charge on any atom is -0.324 e. The highest BCUT2D eigenvalue weighted by Gasteiger charge is 2.18. The van der Waals surface area contributed by atoms with Crippen LogP contribution in [0.15, 0.2) is 12.1 Å². The van der Waals surface area contributed by atoms with Crippen molar-refractivity contribution >= 4 is 11.6 Å². The maximum atomic E-state index is 13.3. The minimum atomic E-state index is -1.57. The standard InChI is InChI=1S/C13H15F3N2O/c14-9-2-3-10(13(16)12(9)15)18-11(19)4-1-8-5-6-17-7-8/h2-3,8,17H,1,4-7H2,(H,18,19). The molecule has 0 bridgehead atoms. The summed E-state index contributed by atoms with van der Waals surface area (Å²) in [6.07, 6.45) is 1.96. The van der Waals surface area contributed by atoms with Crippen molar-refractivity contribution in [1.82, 2.24) is 5.32 Å². The van der Waals surface area contributed by atoms with Crippen LogP contribution in [-0.4, -0.2) is 19.0 Å². The number of hydrogen-bond donors (Lipinski definition) is 2. The molecule has 19 heavy (non-hydrogen) atoms. The lowest BCUT2D eigenvalue weighted by Crippen LogP contribution is -2.16. The second kappa shape index (κ2) is 6.06. The number of nitrogens with one attached hydrogen (secondary N) is 2. The first-order chi connectivity index (χ1) is 9.08. The molecule has 0 radical (unpaired) electrons. The zero-order chi connectivity index (χ0) is 13.8. The molecule has 2 rings (SSSR count). The number of hydrogen-bond acceptors (Lipinski definition) is 2. The fourth-order valence-electron chi connectivity index (χ4n) is 2.13. The van der Waals surface area contributed by atoms with Crippen LogP contribution in [0, 0.1) is 23.4 Å². The Kier molecular flexibility index (Phi) is 4.42.